The van der Waals surface area contributed by atoms with Gasteiger partial charge in [-0.3, -0.25) is 0 Å². The lowest BCUT2D eigenvalue weighted by Gasteiger charge is -2.32. The van der Waals surface area contributed by atoms with Gasteiger partial charge in [0.05, 0.1) is 0 Å². The lowest BCUT2D eigenvalue weighted by molar-refractivity contribution is 0.278. The maximum atomic E-state index is 3.81. The van der Waals surface area contributed by atoms with Gasteiger partial charge in [0.1, 0.15) is 0 Å². The van der Waals surface area contributed by atoms with E-state index in [1.165, 1.54) is 64.6 Å². The summed E-state index contributed by atoms with van der Waals surface area (Å²) in [4.78, 5) is 0. The first-order valence-electron chi connectivity index (χ1n) is 7.72. The van der Waals surface area contributed by atoms with Crippen LogP contribution in [0.5, 0.6) is 0 Å². The first kappa shape index (κ1) is 15.0. The molecule has 1 saturated heterocycles. The van der Waals surface area contributed by atoms with Crippen LogP contribution in [-0.4, -0.2) is 25.2 Å². The SMILES string of the molecule is CCC(CC)(CC)NCCCC1CCNCC1. The van der Waals surface area contributed by atoms with Gasteiger partial charge in [-0.25, -0.2) is 0 Å². The van der Waals surface area contributed by atoms with E-state index in [-0.39, 0.29) is 0 Å². The Morgan fingerprint density at radius 1 is 1.06 bits per heavy atom. The van der Waals surface area contributed by atoms with E-state index >= 15 is 0 Å². The molecule has 1 aliphatic heterocycles. The molecule has 0 aromatic rings. The Balaban J connectivity index is 2.13. The highest BCUT2D eigenvalue weighted by molar-refractivity contribution is 4.83. The number of hydrogen-bond acceptors (Lipinski definition) is 2. The van der Waals surface area contributed by atoms with E-state index in [0.717, 1.165) is 5.92 Å². The van der Waals surface area contributed by atoms with Gasteiger partial charge in [0.25, 0.3) is 0 Å². The third kappa shape index (κ3) is 4.97. The molecular formula is C15H32N2. The molecule has 0 saturated carbocycles. The van der Waals surface area contributed by atoms with E-state index in [9.17, 15) is 0 Å². The predicted octanol–water partition coefficient (Wildman–Crippen LogP) is 3.32. The van der Waals surface area contributed by atoms with Gasteiger partial charge < -0.3 is 10.6 Å². The fourth-order valence-electron chi connectivity index (χ4n) is 3.04. The molecule has 1 aliphatic rings. The lowest BCUT2D eigenvalue weighted by Crippen LogP contribution is -2.44. The van der Waals surface area contributed by atoms with Crippen LogP contribution in [0.1, 0.15) is 65.7 Å². The molecule has 0 unspecified atom stereocenters. The van der Waals surface area contributed by atoms with Crippen molar-refractivity contribution in [3.63, 3.8) is 0 Å². The van der Waals surface area contributed by atoms with E-state index in [1.807, 2.05) is 0 Å². The van der Waals surface area contributed by atoms with E-state index in [4.69, 9.17) is 0 Å². The molecule has 0 radical (unpaired) electrons. The zero-order chi connectivity index (χ0) is 12.6. The van der Waals surface area contributed by atoms with Gasteiger partial charge in [-0.05, 0) is 70.5 Å². The van der Waals surface area contributed by atoms with Crippen molar-refractivity contribution in [1.29, 1.82) is 0 Å². The van der Waals surface area contributed by atoms with Crippen molar-refractivity contribution in [2.24, 2.45) is 5.92 Å². The maximum Gasteiger partial charge on any atom is 0.0173 e. The normalized spacial score (nSPS) is 18.5. The van der Waals surface area contributed by atoms with Crippen LogP contribution in [0.3, 0.4) is 0 Å². The van der Waals surface area contributed by atoms with Crippen LogP contribution in [0.4, 0.5) is 0 Å². The van der Waals surface area contributed by atoms with E-state index < -0.39 is 0 Å². The Morgan fingerprint density at radius 3 is 2.18 bits per heavy atom. The van der Waals surface area contributed by atoms with Crippen molar-refractivity contribution in [2.75, 3.05) is 19.6 Å². The third-order valence-corrected chi connectivity index (χ3v) is 4.78. The van der Waals surface area contributed by atoms with Crippen molar-refractivity contribution in [3.05, 3.63) is 0 Å². The molecule has 17 heavy (non-hydrogen) atoms. The van der Waals surface area contributed by atoms with Crippen LogP contribution in [0, 0.1) is 5.92 Å². The fourth-order valence-corrected chi connectivity index (χ4v) is 3.04. The van der Waals surface area contributed by atoms with Crippen molar-refractivity contribution in [1.82, 2.24) is 10.6 Å². The molecule has 1 heterocycles. The summed E-state index contributed by atoms with van der Waals surface area (Å²) in [6.45, 7) is 10.6. The molecule has 0 spiro atoms. The van der Waals surface area contributed by atoms with E-state index in [0.29, 0.717) is 5.54 Å². The summed E-state index contributed by atoms with van der Waals surface area (Å²) in [5, 5.41) is 7.25. The minimum absolute atomic E-state index is 0.411. The van der Waals surface area contributed by atoms with Gasteiger partial charge in [0.2, 0.25) is 0 Å². The molecular weight excluding hydrogens is 208 g/mol. The highest BCUT2D eigenvalue weighted by Gasteiger charge is 2.22. The maximum absolute atomic E-state index is 3.81. The molecule has 1 rings (SSSR count). The number of piperidine rings is 1. The largest absolute Gasteiger partial charge is 0.317 e. The monoisotopic (exact) mass is 240 g/mol. The van der Waals surface area contributed by atoms with E-state index in [2.05, 4.69) is 31.4 Å². The third-order valence-electron chi connectivity index (χ3n) is 4.78. The Labute approximate surface area is 108 Å². The first-order valence-corrected chi connectivity index (χ1v) is 7.72. The summed E-state index contributed by atoms with van der Waals surface area (Å²) < 4.78 is 0. The van der Waals surface area contributed by atoms with Crippen LogP contribution in [0.25, 0.3) is 0 Å². The average Bonchev–Trinajstić information content (AvgIpc) is 2.41. The topological polar surface area (TPSA) is 24.1 Å². The summed E-state index contributed by atoms with van der Waals surface area (Å²) in [6.07, 6.45) is 9.32. The number of nitrogens with one attached hydrogen (secondary N) is 2. The highest BCUT2D eigenvalue weighted by Crippen LogP contribution is 2.20. The number of rotatable bonds is 8. The molecule has 2 nitrogen and oxygen atoms in total. The minimum atomic E-state index is 0.411. The molecule has 2 N–H and O–H groups in total. The van der Waals surface area contributed by atoms with Crippen molar-refractivity contribution in [2.45, 2.75) is 71.3 Å². The minimum Gasteiger partial charge on any atom is -0.317 e. The Morgan fingerprint density at radius 2 is 1.65 bits per heavy atom. The summed E-state index contributed by atoms with van der Waals surface area (Å²) in [6, 6.07) is 0. The summed E-state index contributed by atoms with van der Waals surface area (Å²) in [7, 11) is 0. The first-order chi connectivity index (χ1) is 8.26. The van der Waals surface area contributed by atoms with Gasteiger partial charge in [-0.1, -0.05) is 20.8 Å². The zero-order valence-corrected chi connectivity index (χ0v) is 12.1. The second kappa shape index (κ2) is 8.10. The summed E-state index contributed by atoms with van der Waals surface area (Å²) in [5.41, 5.74) is 0.411. The van der Waals surface area contributed by atoms with Crippen molar-refractivity contribution < 1.29 is 0 Å². The summed E-state index contributed by atoms with van der Waals surface area (Å²) >= 11 is 0. The molecule has 0 aromatic carbocycles. The molecule has 0 aliphatic carbocycles. The molecule has 2 heteroatoms. The summed E-state index contributed by atoms with van der Waals surface area (Å²) in [5.74, 6) is 0.984. The Bertz CT molecular complexity index is 173. The van der Waals surface area contributed by atoms with Crippen molar-refractivity contribution in [3.8, 4) is 0 Å². The quantitative estimate of drug-likeness (QED) is 0.636. The van der Waals surface area contributed by atoms with Gasteiger partial charge in [0, 0.05) is 5.54 Å². The van der Waals surface area contributed by atoms with Crippen molar-refractivity contribution >= 4 is 0 Å². The highest BCUT2D eigenvalue weighted by atomic mass is 15.0. The van der Waals surface area contributed by atoms with Crippen LogP contribution in [0.2, 0.25) is 0 Å². The second-order valence-corrected chi connectivity index (χ2v) is 5.60. The van der Waals surface area contributed by atoms with Crippen LogP contribution in [0.15, 0.2) is 0 Å². The molecule has 102 valence electrons. The second-order valence-electron chi connectivity index (χ2n) is 5.60. The molecule has 0 aromatic heterocycles. The molecule has 0 atom stereocenters. The van der Waals surface area contributed by atoms with Gasteiger partial charge in [-0.15, -0.1) is 0 Å². The Kier molecular flexibility index (Phi) is 7.14. The van der Waals surface area contributed by atoms with Gasteiger partial charge >= 0.3 is 0 Å². The number of hydrogen-bond donors (Lipinski definition) is 2. The molecule has 1 fully saturated rings. The van der Waals surface area contributed by atoms with Crippen LogP contribution >= 0.6 is 0 Å². The fraction of sp³-hybridized carbons (Fsp3) is 1.00. The predicted molar refractivity (Wildman–Crippen MR) is 76.4 cm³/mol. The lowest BCUT2D eigenvalue weighted by atomic mass is 9.89. The zero-order valence-electron chi connectivity index (χ0n) is 12.1. The standard InChI is InChI=1S/C15H32N2/c1-4-15(5-2,6-3)17-11-7-8-14-9-12-16-13-10-14/h14,16-17H,4-13H2,1-3H3. The molecule has 0 amide bonds. The van der Waals surface area contributed by atoms with E-state index in [1.54, 1.807) is 0 Å². The van der Waals surface area contributed by atoms with Crippen LogP contribution < -0.4 is 10.6 Å². The van der Waals surface area contributed by atoms with Gasteiger partial charge in [-0.2, -0.15) is 0 Å². The average molecular weight is 240 g/mol. The van der Waals surface area contributed by atoms with Crippen LogP contribution in [-0.2, 0) is 0 Å². The molecule has 0 bridgehead atoms. The van der Waals surface area contributed by atoms with Gasteiger partial charge in [0.15, 0.2) is 0 Å². The Hall–Kier alpha value is -0.0800. The smallest absolute Gasteiger partial charge is 0.0173 e.